The minimum atomic E-state index is -0.720. The van der Waals surface area contributed by atoms with Gasteiger partial charge in [0.15, 0.2) is 11.3 Å². The van der Waals surface area contributed by atoms with Gasteiger partial charge in [-0.05, 0) is 26.3 Å². The number of unbranched alkanes of at least 4 members (excludes halogenated alkanes) is 1. The fourth-order valence-electron chi connectivity index (χ4n) is 4.05. The number of carbonyl (C=O) groups excluding carboxylic acids is 1. The minimum absolute atomic E-state index is 0.0207. The molecule has 3 heterocycles. The first kappa shape index (κ1) is 23.9. The Kier molecular flexibility index (Phi) is 6.54. The molecule has 0 atom stereocenters. The molecule has 0 aliphatic rings. The van der Waals surface area contributed by atoms with Crippen LogP contribution in [0, 0.1) is 0 Å². The van der Waals surface area contributed by atoms with E-state index in [1.54, 1.807) is 16.9 Å². The maximum atomic E-state index is 13.8. The summed E-state index contributed by atoms with van der Waals surface area (Å²) in [7, 11) is 1.47. The molecule has 0 saturated heterocycles. The first-order valence-electron chi connectivity index (χ1n) is 11.6. The summed E-state index contributed by atoms with van der Waals surface area (Å²) in [6.45, 7) is 6.29. The Morgan fingerprint density at radius 2 is 1.91 bits per heavy atom. The number of pyridine rings is 1. The van der Waals surface area contributed by atoms with Gasteiger partial charge in [0.25, 0.3) is 11.5 Å². The zero-order chi connectivity index (χ0) is 25.3. The van der Waals surface area contributed by atoms with Crippen molar-refractivity contribution in [1.29, 1.82) is 0 Å². The highest BCUT2D eigenvalue weighted by atomic mass is 16.2. The van der Waals surface area contributed by atoms with Gasteiger partial charge in [-0.2, -0.15) is 5.10 Å². The number of amides is 1. The van der Waals surface area contributed by atoms with Crippen LogP contribution in [0.2, 0.25) is 0 Å². The summed E-state index contributed by atoms with van der Waals surface area (Å²) in [5.74, 6) is -0.509. The normalized spacial score (nSPS) is 11.3. The van der Waals surface area contributed by atoms with E-state index in [-0.39, 0.29) is 17.5 Å². The van der Waals surface area contributed by atoms with Crippen LogP contribution in [-0.2, 0) is 6.54 Å². The first-order valence-corrected chi connectivity index (χ1v) is 11.6. The maximum Gasteiger partial charge on any atom is 0.330 e. The fourth-order valence-corrected chi connectivity index (χ4v) is 4.05. The number of hydrogen-bond acceptors (Lipinski definition) is 6. The van der Waals surface area contributed by atoms with E-state index in [1.165, 1.54) is 16.5 Å². The number of nitrogen functional groups attached to an aromatic ring is 1. The van der Waals surface area contributed by atoms with Crippen molar-refractivity contribution in [3.8, 4) is 11.3 Å². The average molecular weight is 476 g/mol. The highest BCUT2D eigenvalue weighted by Gasteiger charge is 2.25. The second kappa shape index (κ2) is 9.57. The third-order valence-corrected chi connectivity index (χ3v) is 5.95. The number of aromatic amines is 1. The van der Waals surface area contributed by atoms with E-state index in [0.717, 1.165) is 12.0 Å². The summed E-state index contributed by atoms with van der Waals surface area (Å²) in [5, 5.41) is 5.00. The number of nitrogens with two attached hydrogens (primary N) is 1. The molecule has 4 rings (SSSR count). The number of H-pyrrole nitrogens is 1. The van der Waals surface area contributed by atoms with Crippen molar-refractivity contribution in [2.75, 3.05) is 17.7 Å². The summed E-state index contributed by atoms with van der Waals surface area (Å²) >= 11 is 0. The zero-order valence-electron chi connectivity index (χ0n) is 20.3. The lowest BCUT2D eigenvalue weighted by Gasteiger charge is -2.21. The number of hydrogen-bond donors (Lipinski definition) is 2. The standard InChI is InChI=1S/C25H29N7O3/c1-5-6-12-31-21(26)20(23(33)29-25(31)35)30(4)24(34)17-13-19(16-10-8-7-9-11-16)28-22-18(17)14-27-32(22)15(2)3/h7-11,13-15H,5-6,12,26H2,1-4H3,(H,29,33,35). The molecule has 0 radical (unpaired) electrons. The molecule has 3 aromatic heterocycles. The lowest BCUT2D eigenvalue weighted by atomic mass is 10.1. The number of rotatable bonds is 7. The van der Waals surface area contributed by atoms with Crippen molar-refractivity contribution in [1.82, 2.24) is 24.3 Å². The Morgan fingerprint density at radius 1 is 1.20 bits per heavy atom. The molecule has 1 aromatic carbocycles. The average Bonchev–Trinajstić information content (AvgIpc) is 3.27. The Morgan fingerprint density at radius 3 is 2.57 bits per heavy atom. The number of nitrogens with one attached hydrogen (secondary N) is 1. The predicted molar refractivity (Wildman–Crippen MR) is 137 cm³/mol. The second-order valence-electron chi connectivity index (χ2n) is 8.70. The lowest BCUT2D eigenvalue weighted by molar-refractivity contribution is 0.0994. The van der Waals surface area contributed by atoms with Gasteiger partial charge >= 0.3 is 5.69 Å². The predicted octanol–water partition coefficient (Wildman–Crippen LogP) is 3.19. The minimum Gasteiger partial charge on any atom is -0.383 e. The molecule has 182 valence electrons. The number of fused-ring (bicyclic) bond motifs is 1. The molecule has 4 aromatic rings. The van der Waals surface area contributed by atoms with Crippen molar-refractivity contribution >= 4 is 28.4 Å². The summed E-state index contributed by atoms with van der Waals surface area (Å²) < 4.78 is 3.04. The quantitative estimate of drug-likeness (QED) is 0.422. The van der Waals surface area contributed by atoms with Gasteiger partial charge in [-0.3, -0.25) is 19.1 Å². The van der Waals surface area contributed by atoms with E-state index in [0.29, 0.717) is 35.3 Å². The molecular weight excluding hydrogens is 446 g/mol. The molecule has 10 heteroatoms. The number of aromatic nitrogens is 5. The zero-order valence-corrected chi connectivity index (χ0v) is 20.3. The van der Waals surface area contributed by atoms with Crippen LogP contribution in [0.1, 0.15) is 50.0 Å². The van der Waals surface area contributed by atoms with E-state index in [9.17, 15) is 14.4 Å². The molecule has 0 unspecified atom stereocenters. The van der Waals surface area contributed by atoms with E-state index in [4.69, 9.17) is 10.7 Å². The first-order chi connectivity index (χ1) is 16.7. The molecule has 10 nitrogen and oxygen atoms in total. The van der Waals surface area contributed by atoms with E-state index in [2.05, 4.69) is 10.1 Å². The Labute approximate surface area is 202 Å². The van der Waals surface area contributed by atoms with Crippen LogP contribution in [-0.4, -0.2) is 37.3 Å². The van der Waals surface area contributed by atoms with Gasteiger partial charge in [0.05, 0.1) is 22.8 Å². The molecule has 1 amide bonds. The van der Waals surface area contributed by atoms with Crippen molar-refractivity contribution < 1.29 is 4.79 Å². The molecule has 0 fully saturated rings. The van der Waals surface area contributed by atoms with Crippen LogP contribution in [0.3, 0.4) is 0 Å². The van der Waals surface area contributed by atoms with Crippen molar-refractivity contribution in [3.05, 3.63) is 69.0 Å². The number of carbonyl (C=O) groups is 1. The van der Waals surface area contributed by atoms with Gasteiger partial charge in [-0.25, -0.2) is 14.5 Å². The summed E-state index contributed by atoms with van der Waals surface area (Å²) in [6.07, 6.45) is 3.15. The van der Waals surface area contributed by atoms with E-state index >= 15 is 0 Å². The Bertz CT molecular complexity index is 1500. The van der Waals surface area contributed by atoms with Crippen molar-refractivity contribution in [2.24, 2.45) is 0 Å². The van der Waals surface area contributed by atoms with E-state index < -0.39 is 17.2 Å². The Balaban J connectivity index is 1.89. The molecule has 0 aliphatic heterocycles. The van der Waals surface area contributed by atoms with Gasteiger partial charge in [0.2, 0.25) is 0 Å². The number of nitrogens with zero attached hydrogens (tertiary/aromatic N) is 5. The van der Waals surface area contributed by atoms with Gasteiger partial charge < -0.3 is 10.6 Å². The molecule has 0 aliphatic carbocycles. The highest BCUT2D eigenvalue weighted by molar-refractivity contribution is 6.14. The molecule has 35 heavy (non-hydrogen) atoms. The molecule has 0 saturated carbocycles. The molecule has 0 spiro atoms. The lowest BCUT2D eigenvalue weighted by Crippen LogP contribution is -2.39. The SMILES string of the molecule is CCCCn1c(N)c(N(C)C(=O)c2cc(-c3ccccc3)nc3c2cnn3C(C)C)c(=O)[nH]c1=O. The fraction of sp³-hybridized carbons (Fsp3) is 0.320. The van der Waals surface area contributed by atoms with E-state index in [1.807, 2.05) is 51.1 Å². The van der Waals surface area contributed by atoms with Crippen LogP contribution in [0.25, 0.3) is 22.3 Å². The highest BCUT2D eigenvalue weighted by Crippen LogP contribution is 2.28. The van der Waals surface area contributed by atoms with Crippen molar-refractivity contribution in [2.45, 2.75) is 46.2 Å². The van der Waals surface area contributed by atoms with Gasteiger partial charge in [-0.15, -0.1) is 0 Å². The van der Waals surface area contributed by atoms with Crippen LogP contribution in [0.15, 0.2) is 52.2 Å². The molecule has 3 N–H and O–H groups in total. The monoisotopic (exact) mass is 475 g/mol. The summed E-state index contributed by atoms with van der Waals surface area (Å²) in [4.78, 5) is 47.1. The Hall–Kier alpha value is -4.21. The number of benzene rings is 1. The summed E-state index contributed by atoms with van der Waals surface area (Å²) in [5.41, 5.74) is 7.18. The topological polar surface area (TPSA) is 132 Å². The van der Waals surface area contributed by atoms with Crippen LogP contribution >= 0.6 is 0 Å². The largest absolute Gasteiger partial charge is 0.383 e. The van der Waals surface area contributed by atoms with Crippen molar-refractivity contribution in [3.63, 3.8) is 0 Å². The smallest absolute Gasteiger partial charge is 0.330 e. The van der Waals surface area contributed by atoms with Crippen LogP contribution in [0.5, 0.6) is 0 Å². The second-order valence-corrected chi connectivity index (χ2v) is 8.70. The third kappa shape index (κ3) is 4.34. The molecular formula is C25H29N7O3. The third-order valence-electron chi connectivity index (χ3n) is 5.95. The maximum absolute atomic E-state index is 13.8. The van der Waals surface area contributed by atoms with Gasteiger partial charge in [0, 0.05) is 25.2 Å². The van der Waals surface area contributed by atoms with Gasteiger partial charge in [0.1, 0.15) is 5.82 Å². The van der Waals surface area contributed by atoms with Gasteiger partial charge in [-0.1, -0.05) is 43.7 Å². The molecule has 0 bridgehead atoms. The number of anilines is 2. The van der Waals surface area contributed by atoms with Crippen LogP contribution < -0.4 is 21.9 Å². The summed E-state index contributed by atoms with van der Waals surface area (Å²) in [6, 6.07) is 11.2. The van der Waals surface area contributed by atoms with Crippen LogP contribution in [0.4, 0.5) is 11.5 Å².